The molecule has 4 N–H and O–H groups in total. The van der Waals surface area contributed by atoms with E-state index in [9.17, 15) is 0 Å². The highest BCUT2D eigenvalue weighted by atomic mass is 31.2. The van der Waals surface area contributed by atoms with Crippen molar-refractivity contribution < 1.29 is 19.6 Å². The predicted molar refractivity (Wildman–Crippen MR) is 79.8 cm³/mol. The van der Waals surface area contributed by atoms with Crippen molar-refractivity contribution in [3.63, 3.8) is 0 Å². The van der Waals surface area contributed by atoms with Crippen LogP contribution in [0.2, 0.25) is 18.6 Å². The fraction of sp³-hybridized carbons (Fsp3) is 0.455. The molecule has 0 radical (unpaired) electrons. The zero-order valence-corrected chi connectivity index (χ0v) is 13.2. The minimum Gasteiger partial charge on any atom is -0.350 e. The third kappa shape index (κ3) is 5.41. The van der Waals surface area contributed by atoms with E-state index in [0.717, 1.165) is 12.1 Å². The van der Waals surface area contributed by atoms with E-state index in [1.807, 2.05) is 18.2 Å². The lowest BCUT2D eigenvalue weighted by Gasteiger charge is -2.28. The molecule has 0 aliphatic rings. The lowest BCUT2D eigenvalue weighted by atomic mass is 10.4. The second-order valence-corrected chi connectivity index (χ2v) is 11.7. The van der Waals surface area contributed by atoms with Gasteiger partial charge in [0.2, 0.25) is 0 Å². The first-order valence-corrected chi connectivity index (χ1v) is 11.6. The van der Waals surface area contributed by atoms with Crippen LogP contribution in [0.3, 0.4) is 0 Å². The van der Waals surface area contributed by atoms with Crippen molar-refractivity contribution >= 4 is 30.0 Å². The molecule has 1 rings (SSSR count). The summed E-state index contributed by atoms with van der Waals surface area (Å²) >= 11 is 0. The van der Waals surface area contributed by atoms with Gasteiger partial charge in [0, 0.05) is 12.3 Å². The molecule has 102 valence electrons. The summed E-state index contributed by atoms with van der Waals surface area (Å²) in [6, 6.07) is 11.5. The molecule has 0 saturated heterocycles. The minimum absolute atomic E-state index is 0.404. The second-order valence-electron chi connectivity index (χ2n) is 4.62. The van der Waals surface area contributed by atoms with Crippen LogP contribution in [0.15, 0.2) is 30.3 Å². The monoisotopic (exact) mass is 306 g/mol. The van der Waals surface area contributed by atoms with E-state index in [4.69, 9.17) is 19.6 Å². The first-order chi connectivity index (χ1) is 8.44. The maximum absolute atomic E-state index is 9.09. The molecule has 4 nitrogen and oxygen atoms in total. The predicted octanol–water partition coefficient (Wildman–Crippen LogP) is 1.57. The maximum Gasteiger partial charge on any atom is 0.164 e. The molecule has 1 aromatic rings. The molecule has 0 atom stereocenters. The summed E-state index contributed by atoms with van der Waals surface area (Å²) in [7, 11) is -5.59. The number of hydrogen-bond acceptors (Lipinski definition) is 4. The zero-order valence-electron chi connectivity index (χ0n) is 10.4. The van der Waals surface area contributed by atoms with Gasteiger partial charge in [-0.1, -0.05) is 42.1 Å². The average Bonchev–Trinajstić information content (AvgIpc) is 2.35. The summed E-state index contributed by atoms with van der Waals surface area (Å²) in [5, 5.41) is 1.23. The van der Waals surface area contributed by atoms with Crippen LogP contribution in [0.1, 0.15) is 0 Å². The Bertz CT molecular complexity index is 336. The van der Waals surface area contributed by atoms with Crippen LogP contribution in [0.5, 0.6) is 0 Å². The van der Waals surface area contributed by atoms with Crippen LogP contribution in [0.4, 0.5) is 0 Å². The molecule has 0 fully saturated rings. The number of benzene rings is 1. The summed E-state index contributed by atoms with van der Waals surface area (Å²) in [5.41, 5.74) is 0. The average molecular weight is 306 g/mol. The molecule has 0 heterocycles. The molecule has 1 aromatic carbocycles. The van der Waals surface area contributed by atoms with E-state index in [-0.39, 0.29) is 0 Å². The van der Waals surface area contributed by atoms with E-state index in [1.165, 1.54) is 5.19 Å². The topological polar surface area (TPSA) is 80.9 Å². The van der Waals surface area contributed by atoms with Gasteiger partial charge in [-0.2, -0.15) is 0 Å². The van der Waals surface area contributed by atoms with Crippen molar-refractivity contribution in [2.45, 2.75) is 18.6 Å². The Hall–Kier alpha value is 0.137. The first kappa shape index (κ1) is 16.2. The second kappa shape index (κ2) is 7.66. The Balaban J connectivity index is 2.79. The van der Waals surface area contributed by atoms with E-state index in [2.05, 4.69) is 18.7 Å². The molecular formula is C11H20O4P2Si. The molecule has 0 amide bonds. The van der Waals surface area contributed by atoms with Crippen LogP contribution in [0, 0.1) is 0 Å². The highest BCUT2D eigenvalue weighted by Crippen LogP contribution is 2.32. The molecule has 0 aliphatic heterocycles. The van der Waals surface area contributed by atoms with Gasteiger partial charge in [0.25, 0.3) is 0 Å². The van der Waals surface area contributed by atoms with E-state index >= 15 is 0 Å². The van der Waals surface area contributed by atoms with Gasteiger partial charge in [-0.3, -0.25) is 0 Å². The molecule has 0 aromatic heterocycles. The van der Waals surface area contributed by atoms with Crippen molar-refractivity contribution in [3.05, 3.63) is 30.3 Å². The number of hydrogen-bond donors (Lipinski definition) is 4. The molecular weight excluding hydrogens is 286 g/mol. The standard InChI is InChI=1S/C11H20O4P2Si/c1-18(9-7-16(12)13,10-8-17(14)15)11-5-3-2-4-6-11/h2-6,12-15H,7-10H2,1H3. The van der Waals surface area contributed by atoms with Gasteiger partial charge >= 0.3 is 0 Å². The van der Waals surface area contributed by atoms with Crippen LogP contribution < -0.4 is 5.19 Å². The minimum atomic E-state index is -1.87. The van der Waals surface area contributed by atoms with Gasteiger partial charge in [0.15, 0.2) is 16.8 Å². The Morgan fingerprint density at radius 3 is 1.72 bits per heavy atom. The summed E-state index contributed by atoms with van der Waals surface area (Å²) < 4.78 is 0. The smallest absolute Gasteiger partial charge is 0.164 e. The van der Waals surface area contributed by atoms with E-state index < -0.39 is 24.8 Å². The van der Waals surface area contributed by atoms with Crippen molar-refractivity contribution in [2.24, 2.45) is 0 Å². The Morgan fingerprint density at radius 2 is 1.33 bits per heavy atom. The summed E-state index contributed by atoms with van der Waals surface area (Å²) in [6.45, 7) is 2.17. The van der Waals surface area contributed by atoms with Gasteiger partial charge in [-0.05, 0) is 12.1 Å². The van der Waals surface area contributed by atoms with E-state index in [1.54, 1.807) is 0 Å². The normalized spacial score (nSPS) is 12.4. The van der Waals surface area contributed by atoms with Crippen LogP contribution in [-0.4, -0.2) is 40.0 Å². The van der Waals surface area contributed by atoms with Crippen LogP contribution in [0.25, 0.3) is 0 Å². The SMILES string of the molecule is C[Si](CCP(O)O)(CCP(O)O)c1ccccc1. The quantitative estimate of drug-likeness (QED) is 0.455. The Morgan fingerprint density at radius 1 is 0.889 bits per heavy atom. The van der Waals surface area contributed by atoms with Gasteiger partial charge in [0.05, 0.1) is 8.07 Å². The third-order valence-electron chi connectivity index (χ3n) is 3.20. The lowest BCUT2D eigenvalue weighted by Crippen LogP contribution is -2.45. The van der Waals surface area contributed by atoms with Gasteiger partial charge < -0.3 is 19.6 Å². The van der Waals surface area contributed by atoms with Crippen LogP contribution >= 0.6 is 16.8 Å². The molecule has 0 aliphatic carbocycles. The van der Waals surface area contributed by atoms with Crippen LogP contribution in [-0.2, 0) is 0 Å². The molecule has 0 spiro atoms. The molecule has 0 bridgehead atoms. The molecule has 0 saturated carbocycles. The van der Waals surface area contributed by atoms with Gasteiger partial charge in [-0.25, -0.2) is 0 Å². The summed E-state index contributed by atoms with van der Waals surface area (Å²) in [5.74, 6) is 0. The Kier molecular flexibility index (Phi) is 6.89. The molecule has 18 heavy (non-hydrogen) atoms. The largest absolute Gasteiger partial charge is 0.350 e. The van der Waals surface area contributed by atoms with Gasteiger partial charge in [0.1, 0.15) is 0 Å². The maximum atomic E-state index is 9.09. The Labute approximate surface area is 111 Å². The summed E-state index contributed by atoms with van der Waals surface area (Å²) in [4.78, 5) is 36.4. The fourth-order valence-electron chi connectivity index (χ4n) is 1.95. The zero-order chi connectivity index (χ0) is 13.6. The lowest BCUT2D eigenvalue weighted by molar-refractivity contribution is 0.484. The molecule has 0 unspecified atom stereocenters. The highest BCUT2D eigenvalue weighted by Gasteiger charge is 2.30. The van der Waals surface area contributed by atoms with Crippen molar-refractivity contribution in [1.82, 2.24) is 0 Å². The van der Waals surface area contributed by atoms with Crippen molar-refractivity contribution in [3.8, 4) is 0 Å². The highest BCUT2D eigenvalue weighted by molar-refractivity contribution is 7.45. The van der Waals surface area contributed by atoms with Crippen molar-refractivity contribution in [1.29, 1.82) is 0 Å². The summed E-state index contributed by atoms with van der Waals surface area (Å²) in [6.07, 6.45) is 0.809. The first-order valence-electron chi connectivity index (χ1n) is 5.80. The third-order valence-corrected chi connectivity index (χ3v) is 9.72. The van der Waals surface area contributed by atoms with Gasteiger partial charge in [-0.15, -0.1) is 0 Å². The number of rotatable bonds is 7. The molecule has 7 heteroatoms. The van der Waals surface area contributed by atoms with Crippen molar-refractivity contribution in [2.75, 3.05) is 12.3 Å². The van der Waals surface area contributed by atoms with E-state index in [0.29, 0.717) is 12.3 Å². The fourth-order valence-corrected chi connectivity index (χ4v) is 9.32.